The van der Waals surface area contributed by atoms with Crippen molar-refractivity contribution in [3.8, 4) is 0 Å². The Kier molecular flexibility index (Phi) is 4.88. The third-order valence-corrected chi connectivity index (χ3v) is 5.22. The molecule has 0 radical (unpaired) electrons. The number of pyridine rings is 1. The summed E-state index contributed by atoms with van der Waals surface area (Å²) in [6, 6.07) is 3.35. The molecular formula is C18H24N4O4. The van der Waals surface area contributed by atoms with Crippen LogP contribution in [-0.4, -0.2) is 72.3 Å². The quantitative estimate of drug-likeness (QED) is 0.811. The topological polar surface area (TPSA) is 92.8 Å². The summed E-state index contributed by atoms with van der Waals surface area (Å²) in [7, 11) is 0. The monoisotopic (exact) mass is 360 g/mol. The van der Waals surface area contributed by atoms with Gasteiger partial charge in [-0.15, -0.1) is 0 Å². The van der Waals surface area contributed by atoms with Gasteiger partial charge in [-0.1, -0.05) is 0 Å². The van der Waals surface area contributed by atoms with Crippen LogP contribution in [0.3, 0.4) is 0 Å². The number of hydrogen-bond acceptors (Lipinski definition) is 6. The van der Waals surface area contributed by atoms with Crippen molar-refractivity contribution >= 4 is 17.5 Å². The molecule has 1 aromatic heterocycles. The Morgan fingerprint density at radius 3 is 3.04 bits per heavy atom. The Labute approximate surface area is 152 Å². The summed E-state index contributed by atoms with van der Waals surface area (Å²) in [5, 5.41) is 6.10. The molecule has 0 aliphatic carbocycles. The molecule has 8 nitrogen and oxygen atoms in total. The highest BCUT2D eigenvalue weighted by Crippen LogP contribution is 2.22. The summed E-state index contributed by atoms with van der Waals surface area (Å²) in [5.41, 5.74) is 0.891. The third-order valence-electron chi connectivity index (χ3n) is 5.22. The molecule has 4 atom stereocenters. The molecule has 0 spiro atoms. The Balaban J connectivity index is 1.45. The lowest BCUT2D eigenvalue weighted by molar-refractivity contribution is -0.126. The van der Waals surface area contributed by atoms with Gasteiger partial charge in [-0.2, -0.15) is 0 Å². The molecule has 0 bridgehead atoms. The lowest BCUT2D eigenvalue weighted by Crippen LogP contribution is -2.53. The van der Waals surface area contributed by atoms with Gasteiger partial charge in [-0.25, -0.2) is 0 Å². The number of anilines is 1. The normalized spacial score (nSPS) is 30.9. The van der Waals surface area contributed by atoms with E-state index in [4.69, 9.17) is 9.47 Å². The number of morpholine rings is 1. The van der Waals surface area contributed by atoms with Crippen LogP contribution in [0, 0.1) is 0 Å². The van der Waals surface area contributed by atoms with Crippen LogP contribution in [0.15, 0.2) is 18.3 Å². The second-order valence-corrected chi connectivity index (χ2v) is 7.07. The van der Waals surface area contributed by atoms with E-state index < -0.39 is 6.10 Å². The summed E-state index contributed by atoms with van der Waals surface area (Å²) in [6.45, 7) is 4.53. The van der Waals surface area contributed by atoms with Gasteiger partial charge < -0.3 is 25.0 Å². The molecule has 3 saturated heterocycles. The van der Waals surface area contributed by atoms with Crippen LogP contribution in [0.5, 0.6) is 0 Å². The van der Waals surface area contributed by atoms with Crippen molar-refractivity contribution in [2.45, 2.75) is 44.1 Å². The van der Waals surface area contributed by atoms with E-state index >= 15 is 0 Å². The molecule has 2 amide bonds. The highest BCUT2D eigenvalue weighted by atomic mass is 16.5. The summed E-state index contributed by atoms with van der Waals surface area (Å²) >= 11 is 0. The molecule has 26 heavy (non-hydrogen) atoms. The fourth-order valence-corrected chi connectivity index (χ4v) is 3.83. The number of carbonyl (C=O) groups excluding carboxylic acids is 2. The second kappa shape index (κ2) is 7.30. The second-order valence-electron chi connectivity index (χ2n) is 7.07. The number of hydrogen-bond donors (Lipinski definition) is 2. The van der Waals surface area contributed by atoms with E-state index in [2.05, 4.69) is 15.6 Å². The Hall–Kier alpha value is -2.03. The maximum Gasteiger partial charge on any atom is 0.272 e. The van der Waals surface area contributed by atoms with E-state index in [-0.39, 0.29) is 30.1 Å². The first-order valence-corrected chi connectivity index (χ1v) is 9.17. The predicted octanol–water partition coefficient (Wildman–Crippen LogP) is 0.400. The van der Waals surface area contributed by atoms with Crippen molar-refractivity contribution in [3.63, 3.8) is 0 Å². The molecule has 1 aromatic rings. The Bertz CT molecular complexity index is 698. The molecule has 0 aromatic carbocycles. The minimum atomic E-state index is -0.429. The van der Waals surface area contributed by atoms with Crippen molar-refractivity contribution < 1.29 is 19.1 Å². The fraction of sp³-hybridized carbons (Fsp3) is 0.611. The Morgan fingerprint density at radius 2 is 2.23 bits per heavy atom. The van der Waals surface area contributed by atoms with E-state index in [0.717, 1.165) is 19.5 Å². The van der Waals surface area contributed by atoms with Crippen molar-refractivity contribution in [1.29, 1.82) is 0 Å². The number of aromatic nitrogens is 1. The van der Waals surface area contributed by atoms with E-state index in [1.165, 1.54) is 0 Å². The van der Waals surface area contributed by atoms with Crippen molar-refractivity contribution in [2.75, 3.05) is 31.6 Å². The first-order chi connectivity index (χ1) is 12.6. The zero-order valence-electron chi connectivity index (χ0n) is 14.8. The third kappa shape index (κ3) is 3.44. The van der Waals surface area contributed by atoms with Crippen molar-refractivity contribution in [1.82, 2.24) is 15.2 Å². The van der Waals surface area contributed by atoms with Crippen molar-refractivity contribution in [2.24, 2.45) is 0 Å². The highest BCUT2D eigenvalue weighted by molar-refractivity contribution is 5.97. The van der Waals surface area contributed by atoms with Gasteiger partial charge >= 0.3 is 0 Å². The SMILES string of the molecule is CC1CCC(C(=O)Nc2ccnc(C(=O)N3CCOC4CNCC43)c2)O1. The summed E-state index contributed by atoms with van der Waals surface area (Å²) < 4.78 is 11.3. The highest BCUT2D eigenvalue weighted by Gasteiger charge is 2.39. The van der Waals surface area contributed by atoms with E-state index in [1.54, 1.807) is 18.3 Å². The molecule has 4 rings (SSSR count). The average Bonchev–Trinajstić information content (AvgIpc) is 3.30. The lowest BCUT2D eigenvalue weighted by Gasteiger charge is -2.36. The van der Waals surface area contributed by atoms with E-state index in [0.29, 0.717) is 31.0 Å². The number of nitrogens with one attached hydrogen (secondary N) is 2. The first kappa shape index (κ1) is 17.4. The zero-order valence-corrected chi connectivity index (χ0v) is 14.8. The maximum absolute atomic E-state index is 12.9. The van der Waals surface area contributed by atoms with Gasteiger partial charge in [-0.05, 0) is 31.9 Å². The largest absolute Gasteiger partial charge is 0.373 e. The van der Waals surface area contributed by atoms with Crippen LogP contribution in [0.1, 0.15) is 30.3 Å². The van der Waals surface area contributed by atoms with Crippen LogP contribution in [-0.2, 0) is 14.3 Å². The fourth-order valence-electron chi connectivity index (χ4n) is 3.83. The number of carbonyl (C=O) groups is 2. The number of fused-ring (bicyclic) bond motifs is 1. The van der Waals surface area contributed by atoms with Gasteiger partial charge in [0, 0.05) is 31.5 Å². The van der Waals surface area contributed by atoms with Gasteiger partial charge in [-0.3, -0.25) is 14.6 Å². The lowest BCUT2D eigenvalue weighted by atomic mass is 10.1. The molecule has 2 N–H and O–H groups in total. The van der Waals surface area contributed by atoms with E-state index in [1.807, 2.05) is 11.8 Å². The first-order valence-electron chi connectivity index (χ1n) is 9.17. The standard InChI is InChI=1S/C18H24N4O4/c1-11-2-3-15(26-11)17(23)21-12-4-5-20-13(8-12)18(24)22-6-7-25-16-10-19-9-14(16)22/h4-5,8,11,14-16,19H,2-3,6-7,9-10H2,1H3,(H,20,21,23). The number of amides is 2. The number of nitrogens with zero attached hydrogens (tertiary/aromatic N) is 2. The zero-order chi connectivity index (χ0) is 18.1. The van der Waals surface area contributed by atoms with Gasteiger partial charge in [0.25, 0.3) is 11.8 Å². The van der Waals surface area contributed by atoms with E-state index in [9.17, 15) is 9.59 Å². The molecule has 3 aliphatic heterocycles. The maximum atomic E-state index is 12.9. The van der Waals surface area contributed by atoms with Crippen LogP contribution in [0.4, 0.5) is 5.69 Å². The van der Waals surface area contributed by atoms with Gasteiger partial charge in [0.05, 0.1) is 24.9 Å². The van der Waals surface area contributed by atoms with Gasteiger partial charge in [0.15, 0.2) is 0 Å². The molecule has 3 fully saturated rings. The van der Waals surface area contributed by atoms with Crippen LogP contribution in [0.25, 0.3) is 0 Å². The summed E-state index contributed by atoms with van der Waals surface area (Å²) in [6.07, 6.45) is 2.86. The smallest absolute Gasteiger partial charge is 0.272 e. The van der Waals surface area contributed by atoms with Gasteiger partial charge in [0.2, 0.25) is 0 Å². The van der Waals surface area contributed by atoms with Gasteiger partial charge in [0.1, 0.15) is 11.8 Å². The summed E-state index contributed by atoms with van der Waals surface area (Å²) in [4.78, 5) is 31.3. The average molecular weight is 360 g/mol. The molecule has 4 heterocycles. The van der Waals surface area contributed by atoms with Crippen molar-refractivity contribution in [3.05, 3.63) is 24.0 Å². The Morgan fingerprint density at radius 1 is 1.35 bits per heavy atom. The molecule has 0 saturated carbocycles. The predicted molar refractivity (Wildman–Crippen MR) is 93.9 cm³/mol. The minimum absolute atomic E-state index is 0.0321. The number of rotatable bonds is 3. The molecule has 140 valence electrons. The van der Waals surface area contributed by atoms with Crippen LogP contribution in [0.2, 0.25) is 0 Å². The molecule has 8 heteroatoms. The molecular weight excluding hydrogens is 336 g/mol. The van der Waals surface area contributed by atoms with Crippen LogP contribution < -0.4 is 10.6 Å². The molecule has 3 aliphatic rings. The summed E-state index contributed by atoms with van der Waals surface area (Å²) in [5.74, 6) is -0.306. The number of ether oxygens (including phenoxy) is 2. The minimum Gasteiger partial charge on any atom is -0.373 e. The molecule has 4 unspecified atom stereocenters. The van der Waals surface area contributed by atoms with Crippen LogP contribution >= 0.6 is 0 Å².